The first kappa shape index (κ1) is 13.4. The fourth-order valence-electron chi connectivity index (χ4n) is 7.04. The number of amides is 1. The number of hydrogen-bond donors (Lipinski definition) is 0. The molecule has 5 saturated carbocycles. The Morgan fingerprint density at radius 1 is 1.00 bits per heavy atom. The molecule has 6 aliphatic rings. The molecule has 4 atom stereocenters. The lowest BCUT2D eigenvalue weighted by atomic mass is 9.49. The average molecular weight is 298 g/mol. The molecule has 1 heterocycles. The van der Waals surface area contributed by atoms with Gasteiger partial charge in [0.1, 0.15) is 0 Å². The molecule has 6 fully saturated rings. The summed E-state index contributed by atoms with van der Waals surface area (Å²) in [4.78, 5) is 18.9. The van der Waals surface area contributed by atoms with Gasteiger partial charge >= 0.3 is 6.17 Å². The van der Waals surface area contributed by atoms with Crippen molar-refractivity contribution in [1.82, 2.24) is 4.90 Å². The predicted molar refractivity (Wildman–Crippen MR) is 83.4 cm³/mol. The summed E-state index contributed by atoms with van der Waals surface area (Å²) < 4.78 is 0. The molecule has 6 rings (SSSR count). The van der Waals surface area contributed by atoms with Crippen LogP contribution < -0.4 is 0 Å². The fourth-order valence-corrected chi connectivity index (χ4v) is 7.04. The van der Waals surface area contributed by atoms with Crippen LogP contribution >= 0.6 is 0 Å². The van der Waals surface area contributed by atoms with Gasteiger partial charge in [-0.25, -0.2) is 6.57 Å². The number of fused-ring (bicyclic) bond motifs is 1. The zero-order valence-electron chi connectivity index (χ0n) is 13.4. The van der Waals surface area contributed by atoms with E-state index in [1.54, 1.807) is 0 Å². The van der Waals surface area contributed by atoms with E-state index < -0.39 is 0 Å². The molecule has 0 spiro atoms. The molecule has 3 nitrogen and oxygen atoms in total. The maximum Gasteiger partial charge on any atom is 0.301 e. The lowest BCUT2D eigenvalue weighted by Gasteiger charge is -2.56. The Labute approximate surface area is 133 Å². The first-order chi connectivity index (χ1) is 10.7. The summed E-state index contributed by atoms with van der Waals surface area (Å²) in [6, 6.07) is 0.422. The van der Waals surface area contributed by atoms with Crippen LogP contribution in [0.1, 0.15) is 51.9 Å². The topological polar surface area (TPSA) is 24.7 Å². The molecule has 0 aromatic heterocycles. The van der Waals surface area contributed by atoms with E-state index in [1.807, 2.05) is 4.90 Å². The monoisotopic (exact) mass is 298 g/mol. The van der Waals surface area contributed by atoms with E-state index in [2.05, 4.69) is 11.8 Å². The van der Waals surface area contributed by atoms with Crippen molar-refractivity contribution in [3.05, 3.63) is 11.4 Å². The SMILES string of the molecule is [C-]#[N+]C1C[C@@H]2C[C@@H]2N1C(=O)C(C)C1C2CC3CC(C2)CC1C3. The summed E-state index contributed by atoms with van der Waals surface area (Å²) in [6.45, 7) is 9.60. The summed E-state index contributed by atoms with van der Waals surface area (Å²) in [5.74, 6) is 5.28. The molecule has 3 heteroatoms. The summed E-state index contributed by atoms with van der Waals surface area (Å²) in [5.41, 5.74) is 0. The van der Waals surface area contributed by atoms with Crippen molar-refractivity contribution in [2.45, 2.75) is 64.1 Å². The Kier molecular flexibility index (Phi) is 2.74. The number of likely N-dealkylation sites (tertiary alicyclic amines) is 1. The molecule has 0 aromatic carbocycles. The highest BCUT2D eigenvalue weighted by Crippen LogP contribution is 2.59. The molecule has 1 amide bonds. The lowest BCUT2D eigenvalue weighted by Crippen LogP contribution is -2.51. The van der Waals surface area contributed by atoms with Crippen LogP contribution in [0.2, 0.25) is 0 Å². The second-order valence-corrected chi connectivity index (χ2v) is 8.95. The maximum absolute atomic E-state index is 13.2. The first-order valence-electron chi connectivity index (χ1n) is 9.34. The zero-order chi connectivity index (χ0) is 15.0. The summed E-state index contributed by atoms with van der Waals surface area (Å²) in [5, 5.41) is 0. The molecular weight excluding hydrogens is 272 g/mol. The van der Waals surface area contributed by atoms with E-state index in [-0.39, 0.29) is 12.1 Å². The molecule has 1 aliphatic heterocycles. The second-order valence-electron chi connectivity index (χ2n) is 8.95. The largest absolute Gasteiger partial charge is 0.301 e. The Morgan fingerprint density at radius 2 is 1.64 bits per heavy atom. The number of piperidine rings is 1. The van der Waals surface area contributed by atoms with Crippen molar-refractivity contribution in [2.75, 3.05) is 0 Å². The molecule has 0 N–H and O–H groups in total. The molecular formula is C19H26N2O. The number of carbonyl (C=O) groups is 1. The standard InChI is InChI=1S/C19H26N2O/c1-10(19(22)21-16-8-13(16)9-17(21)20-2)18-14-4-11-3-12(6-14)7-15(18)5-11/h10-18H,3-9H2,1H3/t10?,11?,12?,13-,14?,15?,16-,17?,18?/m0/s1. The number of carbonyl (C=O) groups excluding carboxylic acids is 1. The van der Waals surface area contributed by atoms with Crippen LogP contribution in [0.3, 0.4) is 0 Å². The van der Waals surface area contributed by atoms with Crippen LogP contribution in [-0.2, 0) is 4.79 Å². The van der Waals surface area contributed by atoms with Gasteiger partial charge in [-0.1, -0.05) is 6.92 Å². The summed E-state index contributed by atoms with van der Waals surface area (Å²) in [6.07, 6.45) is 8.95. The second kappa shape index (κ2) is 4.49. The molecule has 5 aliphatic carbocycles. The Hall–Kier alpha value is -1.04. The fraction of sp³-hybridized carbons (Fsp3) is 0.895. The Balaban J connectivity index is 1.37. The summed E-state index contributed by atoms with van der Waals surface area (Å²) in [7, 11) is 0. The van der Waals surface area contributed by atoms with Gasteiger partial charge in [0.05, 0.1) is 0 Å². The molecule has 1 saturated heterocycles. The van der Waals surface area contributed by atoms with E-state index in [9.17, 15) is 4.79 Å². The van der Waals surface area contributed by atoms with E-state index >= 15 is 0 Å². The first-order valence-corrected chi connectivity index (χ1v) is 9.34. The van der Waals surface area contributed by atoms with Gasteiger partial charge in [0, 0.05) is 18.4 Å². The highest BCUT2D eigenvalue weighted by Gasteiger charge is 2.59. The van der Waals surface area contributed by atoms with Crippen molar-refractivity contribution in [3.63, 3.8) is 0 Å². The minimum atomic E-state index is -0.143. The molecule has 2 unspecified atom stereocenters. The highest BCUT2D eigenvalue weighted by molar-refractivity contribution is 5.80. The molecule has 0 radical (unpaired) electrons. The highest BCUT2D eigenvalue weighted by atomic mass is 16.2. The third-order valence-electron chi connectivity index (χ3n) is 7.75. The lowest BCUT2D eigenvalue weighted by molar-refractivity contribution is -0.145. The van der Waals surface area contributed by atoms with Gasteiger partial charge in [-0.2, -0.15) is 0 Å². The normalized spacial score (nSPS) is 52.3. The van der Waals surface area contributed by atoms with Gasteiger partial charge in [0.2, 0.25) is 5.91 Å². The predicted octanol–water partition coefficient (Wildman–Crippen LogP) is 3.56. The zero-order valence-corrected chi connectivity index (χ0v) is 13.4. The minimum Gasteiger partial charge on any atom is -0.290 e. The third kappa shape index (κ3) is 1.76. The van der Waals surface area contributed by atoms with E-state index in [4.69, 9.17) is 6.57 Å². The number of rotatable bonds is 2. The van der Waals surface area contributed by atoms with Gasteiger partial charge in [0.15, 0.2) is 0 Å². The van der Waals surface area contributed by atoms with Gasteiger partial charge in [-0.15, -0.1) is 0 Å². The van der Waals surface area contributed by atoms with Crippen LogP contribution in [0.5, 0.6) is 0 Å². The van der Waals surface area contributed by atoms with Crippen LogP contribution in [0, 0.1) is 48.0 Å². The number of hydrogen-bond acceptors (Lipinski definition) is 1. The van der Waals surface area contributed by atoms with Crippen LogP contribution in [0.15, 0.2) is 0 Å². The van der Waals surface area contributed by atoms with Crippen molar-refractivity contribution in [1.29, 1.82) is 0 Å². The maximum atomic E-state index is 13.2. The third-order valence-corrected chi connectivity index (χ3v) is 7.75. The quantitative estimate of drug-likeness (QED) is 0.715. The molecule has 0 aromatic rings. The van der Waals surface area contributed by atoms with Gasteiger partial charge < -0.3 is 0 Å². The number of nitrogens with zero attached hydrogens (tertiary/aromatic N) is 2. The Bertz CT molecular complexity index is 522. The van der Waals surface area contributed by atoms with Crippen LogP contribution in [0.4, 0.5) is 0 Å². The van der Waals surface area contributed by atoms with Crippen LogP contribution in [0.25, 0.3) is 4.85 Å². The Morgan fingerprint density at radius 3 is 2.23 bits per heavy atom. The van der Waals surface area contributed by atoms with E-state index in [0.29, 0.717) is 23.8 Å². The van der Waals surface area contributed by atoms with Crippen LogP contribution in [-0.4, -0.2) is 23.0 Å². The average Bonchev–Trinajstić information content (AvgIpc) is 3.16. The molecule has 118 valence electrons. The van der Waals surface area contributed by atoms with Gasteiger partial charge in [-0.05, 0) is 74.0 Å². The molecule has 22 heavy (non-hydrogen) atoms. The smallest absolute Gasteiger partial charge is 0.290 e. The van der Waals surface area contributed by atoms with E-state index in [0.717, 1.165) is 36.5 Å². The van der Waals surface area contributed by atoms with Crippen molar-refractivity contribution < 1.29 is 4.79 Å². The summed E-state index contributed by atoms with van der Waals surface area (Å²) >= 11 is 0. The van der Waals surface area contributed by atoms with Gasteiger partial charge in [0.25, 0.3) is 0 Å². The van der Waals surface area contributed by atoms with Crippen molar-refractivity contribution >= 4 is 5.91 Å². The van der Waals surface area contributed by atoms with Crippen molar-refractivity contribution in [2.24, 2.45) is 41.4 Å². The van der Waals surface area contributed by atoms with Crippen molar-refractivity contribution in [3.8, 4) is 0 Å². The van der Waals surface area contributed by atoms with Gasteiger partial charge in [-0.3, -0.25) is 14.5 Å². The minimum absolute atomic E-state index is 0.143. The molecule has 4 bridgehead atoms. The van der Waals surface area contributed by atoms with E-state index in [1.165, 1.54) is 32.1 Å².